The van der Waals surface area contributed by atoms with Gasteiger partial charge in [0.1, 0.15) is 5.82 Å². The highest BCUT2D eigenvalue weighted by Gasteiger charge is 2.60. The van der Waals surface area contributed by atoms with Gasteiger partial charge in [0.05, 0.1) is 24.9 Å². The minimum atomic E-state index is -2.77. The van der Waals surface area contributed by atoms with Gasteiger partial charge in [0.25, 0.3) is 8.32 Å². The monoisotopic (exact) mass is 608 g/mol. The lowest BCUT2D eigenvalue weighted by Gasteiger charge is -2.45. The number of hydrogen-bond donors (Lipinski definition) is 0. The molecular weight excluding hydrogens is 567 g/mol. The molecule has 2 fully saturated rings. The highest BCUT2D eigenvalue weighted by atomic mass is 28.4. The third kappa shape index (κ3) is 5.55. The van der Waals surface area contributed by atoms with Crippen molar-refractivity contribution in [2.45, 2.75) is 50.2 Å². The summed E-state index contributed by atoms with van der Waals surface area (Å²) >= 11 is 0. The first-order valence-corrected chi connectivity index (χ1v) is 17.5. The fourth-order valence-electron chi connectivity index (χ4n) is 7.76. The van der Waals surface area contributed by atoms with Gasteiger partial charge in [-0.1, -0.05) is 112 Å². The van der Waals surface area contributed by atoms with Crippen LogP contribution in [-0.4, -0.2) is 40.2 Å². The number of esters is 1. The quantitative estimate of drug-likeness (QED) is 0.145. The third-order valence-corrected chi connectivity index (χ3v) is 14.8. The second kappa shape index (κ2) is 12.4. The number of carbonyl (C=O) groups excluding carboxylic acids is 1. The van der Waals surface area contributed by atoms with E-state index in [0.717, 1.165) is 12.0 Å². The average molecular weight is 609 g/mol. The summed E-state index contributed by atoms with van der Waals surface area (Å²) in [5.74, 6) is -0.348. The Bertz CT molecular complexity index is 1500. The van der Waals surface area contributed by atoms with Gasteiger partial charge in [-0.2, -0.15) is 0 Å². The molecule has 0 amide bonds. The molecule has 4 atom stereocenters. The molecule has 4 aromatic rings. The predicted molar refractivity (Wildman–Crippen MR) is 174 cm³/mol. The number of halogens is 1. The minimum absolute atomic E-state index is 0.00749. The molecule has 1 aliphatic heterocycles. The van der Waals surface area contributed by atoms with Crippen molar-refractivity contribution in [2.75, 3.05) is 19.8 Å². The highest BCUT2D eigenvalue weighted by Crippen LogP contribution is 2.57. The summed E-state index contributed by atoms with van der Waals surface area (Å²) in [7, 11) is -2.77. The van der Waals surface area contributed by atoms with Gasteiger partial charge in [0, 0.05) is 17.9 Å². The lowest BCUT2D eigenvalue weighted by atomic mass is 9.69. The summed E-state index contributed by atoms with van der Waals surface area (Å²) in [6.45, 7) is 8.25. The molecule has 1 aliphatic carbocycles. The normalized spacial score (nSPS) is 23.0. The van der Waals surface area contributed by atoms with Crippen LogP contribution in [0, 0.1) is 17.7 Å². The van der Waals surface area contributed by atoms with E-state index in [1.54, 1.807) is 12.1 Å². The number of carbonyl (C=O) groups is 1. The summed E-state index contributed by atoms with van der Waals surface area (Å²) in [4.78, 5) is 12.8. The lowest BCUT2D eigenvalue weighted by Crippen LogP contribution is -2.67. The van der Waals surface area contributed by atoms with Gasteiger partial charge in [-0.3, -0.25) is 0 Å². The van der Waals surface area contributed by atoms with Crippen molar-refractivity contribution in [3.8, 4) is 0 Å². The van der Waals surface area contributed by atoms with Gasteiger partial charge in [-0.25, -0.2) is 9.18 Å². The van der Waals surface area contributed by atoms with E-state index in [4.69, 9.17) is 13.9 Å². The van der Waals surface area contributed by atoms with Crippen LogP contribution in [0.25, 0.3) is 0 Å². The summed E-state index contributed by atoms with van der Waals surface area (Å²) in [5.41, 5.74) is 1.33. The average Bonchev–Trinajstić information content (AvgIpc) is 3.61. The van der Waals surface area contributed by atoms with Crippen LogP contribution in [0.4, 0.5) is 4.39 Å². The number of rotatable bonds is 10. The maximum absolute atomic E-state index is 14.0. The first-order chi connectivity index (χ1) is 21.2. The third-order valence-electron chi connectivity index (χ3n) is 9.82. The Morgan fingerprint density at radius 2 is 1.43 bits per heavy atom. The topological polar surface area (TPSA) is 44.8 Å². The second-order valence-electron chi connectivity index (χ2n) is 13.3. The molecule has 4 nitrogen and oxygen atoms in total. The molecule has 0 N–H and O–H groups in total. The van der Waals surface area contributed by atoms with Gasteiger partial charge in [-0.05, 0) is 64.0 Å². The van der Waals surface area contributed by atoms with Crippen molar-refractivity contribution in [1.82, 2.24) is 0 Å². The molecule has 6 heteroatoms. The second-order valence-corrected chi connectivity index (χ2v) is 17.6. The van der Waals surface area contributed by atoms with Crippen molar-refractivity contribution in [1.29, 1.82) is 0 Å². The summed E-state index contributed by atoms with van der Waals surface area (Å²) in [5, 5.41) is 2.33. The Balaban J connectivity index is 1.33. The SMILES string of the molecule is CC(C)(C)[Si](OC[C@@H]1[C@@H]2C[C@@](c3ccc(F)cc3)(CO2)[C@H]1CCOC(=O)c1ccccc1)(c1ccccc1)c1ccccc1. The molecule has 6 rings (SSSR count). The first kappa shape index (κ1) is 30.4. The zero-order chi connectivity index (χ0) is 30.8. The summed E-state index contributed by atoms with van der Waals surface area (Å²) in [6, 6.07) is 37.3. The van der Waals surface area contributed by atoms with E-state index in [9.17, 15) is 9.18 Å². The molecule has 2 bridgehead atoms. The van der Waals surface area contributed by atoms with Crippen LogP contribution in [0.5, 0.6) is 0 Å². The molecular formula is C38H41FO4Si. The van der Waals surface area contributed by atoms with Crippen LogP contribution in [0.2, 0.25) is 5.04 Å². The van der Waals surface area contributed by atoms with Gasteiger partial charge in [0.2, 0.25) is 0 Å². The van der Waals surface area contributed by atoms with E-state index in [1.165, 1.54) is 22.5 Å². The zero-order valence-corrected chi connectivity index (χ0v) is 26.7. The predicted octanol–water partition coefficient (Wildman–Crippen LogP) is 6.92. The molecule has 2 aliphatic rings. The lowest BCUT2D eigenvalue weighted by molar-refractivity contribution is -0.0342. The molecule has 228 valence electrons. The number of hydrogen-bond acceptors (Lipinski definition) is 4. The molecule has 0 spiro atoms. The van der Waals surface area contributed by atoms with E-state index < -0.39 is 8.32 Å². The maximum atomic E-state index is 14.0. The Morgan fingerprint density at radius 3 is 2.00 bits per heavy atom. The first-order valence-electron chi connectivity index (χ1n) is 15.6. The Hall–Kier alpha value is -3.58. The zero-order valence-electron chi connectivity index (χ0n) is 25.7. The van der Waals surface area contributed by atoms with Crippen molar-refractivity contribution in [3.63, 3.8) is 0 Å². The largest absolute Gasteiger partial charge is 0.462 e. The number of ether oxygens (including phenoxy) is 2. The molecule has 44 heavy (non-hydrogen) atoms. The molecule has 1 saturated heterocycles. The Morgan fingerprint density at radius 1 is 0.864 bits per heavy atom. The van der Waals surface area contributed by atoms with Crippen molar-refractivity contribution in [2.24, 2.45) is 11.8 Å². The van der Waals surface area contributed by atoms with Crippen LogP contribution in [0.15, 0.2) is 115 Å². The summed E-state index contributed by atoms with van der Waals surface area (Å²) < 4.78 is 33.7. The molecule has 1 heterocycles. The van der Waals surface area contributed by atoms with Crippen LogP contribution in [-0.2, 0) is 19.3 Å². The molecule has 1 saturated carbocycles. The van der Waals surface area contributed by atoms with E-state index in [0.29, 0.717) is 31.8 Å². The maximum Gasteiger partial charge on any atom is 0.338 e. The summed E-state index contributed by atoms with van der Waals surface area (Å²) in [6.07, 6.45) is 1.52. The van der Waals surface area contributed by atoms with Crippen molar-refractivity contribution < 1.29 is 23.1 Å². The van der Waals surface area contributed by atoms with E-state index in [-0.39, 0.29) is 40.2 Å². The van der Waals surface area contributed by atoms with Crippen LogP contribution in [0.3, 0.4) is 0 Å². The Kier molecular flexibility index (Phi) is 8.60. The smallest absolute Gasteiger partial charge is 0.338 e. The van der Waals surface area contributed by atoms with E-state index in [2.05, 4.69) is 81.4 Å². The van der Waals surface area contributed by atoms with E-state index in [1.807, 2.05) is 30.3 Å². The molecule has 0 radical (unpaired) electrons. The number of fused-ring (bicyclic) bond motifs is 2. The molecule has 0 unspecified atom stereocenters. The number of benzene rings is 4. The molecule has 4 aromatic carbocycles. The Labute approximate surface area is 261 Å². The standard InChI is InChI=1S/C38H41FO4Si/c1-37(2,3)44(31-15-9-5-10-16-31,32-17-11-6-12-18-32)43-26-33-34(23-24-41-36(40)28-13-7-4-8-14-28)38(25-35(33)42-27-38)29-19-21-30(39)22-20-29/h4-22,33-35H,23-27H2,1-3H3/t33-,34-,35-,38-/m0/s1. The highest BCUT2D eigenvalue weighted by molar-refractivity contribution is 6.99. The van der Waals surface area contributed by atoms with Crippen LogP contribution in [0.1, 0.15) is 49.5 Å². The van der Waals surface area contributed by atoms with Crippen molar-refractivity contribution >= 4 is 24.7 Å². The van der Waals surface area contributed by atoms with Crippen molar-refractivity contribution in [3.05, 3.63) is 132 Å². The van der Waals surface area contributed by atoms with Gasteiger partial charge in [0.15, 0.2) is 0 Å². The van der Waals surface area contributed by atoms with Crippen LogP contribution < -0.4 is 10.4 Å². The van der Waals surface area contributed by atoms with Gasteiger partial charge in [-0.15, -0.1) is 0 Å². The van der Waals surface area contributed by atoms with Gasteiger partial charge >= 0.3 is 5.97 Å². The fraction of sp³-hybridized carbons (Fsp3) is 0.342. The minimum Gasteiger partial charge on any atom is -0.462 e. The molecule has 0 aromatic heterocycles. The van der Waals surface area contributed by atoms with E-state index >= 15 is 0 Å². The fourth-order valence-corrected chi connectivity index (χ4v) is 12.4. The van der Waals surface area contributed by atoms with Crippen LogP contribution >= 0.6 is 0 Å². The van der Waals surface area contributed by atoms with Gasteiger partial charge < -0.3 is 13.9 Å².